The third-order valence-electron chi connectivity index (χ3n) is 2.11. The Hall–Kier alpha value is -1.65. The van der Waals surface area contributed by atoms with Crippen LogP contribution in [0.4, 0.5) is 4.79 Å². The monoisotopic (exact) mass is 196 g/mol. The number of allylic oxidation sites excluding steroid dienone is 1. The van der Waals surface area contributed by atoms with Crippen LogP contribution in [0.2, 0.25) is 0 Å². The summed E-state index contributed by atoms with van der Waals surface area (Å²) in [6, 6.07) is -0.765. The molecule has 0 saturated carbocycles. The molecule has 4 amide bonds. The molecule has 1 aliphatic rings. The highest BCUT2D eigenvalue weighted by atomic mass is 16.2. The van der Waals surface area contributed by atoms with Crippen molar-refractivity contribution in [1.29, 1.82) is 0 Å². The van der Waals surface area contributed by atoms with Crippen molar-refractivity contribution in [2.75, 3.05) is 0 Å². The summed E-state index contributed by atoms with van der Waals surface area (Å²) in [5.41, 5.74) is -0.508. The van der Waals surface area contributed by atoms with Crippen LogP contribution < -0.4 is 10.6 Å². The van der Waals surface area contributed by atoms with E-state index in [1.807, 2.05) is 0 Å². The van der Waals surface area contributed by atoms with Crippen LogP contribution in [-0.2, 0) is 9.59 Å². The third-order valence-corrected chi connectivity index (χ3v) is 2.11. The van der Waals surface area contributed by atoms with Gasteiger partial charge in [-0.2, -0.15) is 0 Å². The molecule has 1 aliphatic heterocycles. The second-order valence-corrected chi connectivity index (χ2v) is 3.70. The molecule has 14 heavy (non-hydrogen) atoms. The summed E-state index contributed by atoms with van der Waals surface area (Å²) >= 11 is 0. The van der Waals surface area contributed by atoms with Crippen LogP contribution in [0.15, 0.2) is 12.2 Å². The number of nitrogens with one attached hydrogen (secondary N) is 2. The molecule has 0 atom stereocenters. The minimum Gasteiger partial charge on any atom is -0.277 e. The van der Waals surface area contributed by atoms with Crippen molar-refractivity contribution in [1.82, 2.24) is 10.6 Å². The van der Waals surface area contributed by atoms with Gasteiger partial charge in [-0.3, -0.25) is 20.2 Å². The van der Waals surface area contributed by atoms with Crippen LogP contribution in [-0.4, -0.2) is 17.8 Å². The summed E-state index contributed by atoms with van der Waals surface area (Å²) in [7, 11) is 0. The lowest BCUT2D eigenvalue weighted by Gasteiger charge is -2.30. The van der Waals surface area contributed by atoms with E-state index < -0.39 is 23.3 Å². The van der Waals surface area contributed by atoms with Crippen LogP contribution in [0.5, 0.6) is 0 Å². The molecule has 0 aromatic carbocycles. The molecule has 0 aromatic rings. The SMILES string of the molecule is C=C(C)CC1(C)C(=O)NC(=O)NC1=O. The summed E-state index contributed by atoms with van der Waals surface area (Å²) in [6.07, 6.45) is 0.234. The van der Waals surface area contributed by atoms with E-state index in [0.717, 1.165) is 0 Å². The van der Waals surface area contributed by atoms with Crippen molar-refractivity contribution in [3.05, 3.63) is 12.2 Å². The van der Waals surface area contributed by atoms with Crippen LogP contribution >= 0.6 is 0 Å². The zero-order chi connectivity index (χ0) is 10.9. The van der Waals surface area contributed by atoms with E-state index in [9.17, 15) is 14.4 Å². The minimum atomic E-state index is -1.22. The molecule has 1 rings (SSSR count). The first kappa shape index (κ1) is 10.4. The van der Waals surface area contributed by atoms with E-state index in [0.29, 0.717) is 5.57 Å². The largest absolute Gasteiger partial charge is 0.328 e. The molecule has 0 spiro atoms. The standard InChI is InChI=1S/C9H12N2O3/c1-5(2)4-9(3)6(12)10-8(14)11-7(9)13/h1,4H2,2-3H3,(H2,10,11,12,13,14). The molecule has 0 aliphatic carbocycles. The molecule has 0 unspecified atom stereocenters. The van der Waals surface area contributed by atoms with Gasteiger partial charge in [-0.05, 0) is 20.3 Å². The quantitative estimate of drug-likeness (QED) is 0.493. The van der Waals surface area contributed by atoms with Gasteiger partial charge in [0.25, 0.3) is 0 Å². The molecule has 2 N–H and O–H groups in total. The summed E-state index contributed by atoms with van der Waals surface area (Å²) in [5.74, 6) is -1.15. The molecular weight excluding hydrogens is 184 g/mol. The molecular formula is C9H12N2O3. The summed E-state index contributed by atoms with van der Waals surface area (Å²) < 4.78 is 0. The first-order valence-electron chi connectivity index (χ1n) is 4.17. The Morgan fingerprint density at radius 3 is 2.07 bits per heavy atom. The number of urea groups is 1. The molecule has 1 fully saturated rings. The van der Waals surface area contributed by atoms with Crippen LogP contribution in [0.1, 0.15) is 20.3 Å². The fraction of sp³-hybridized carbons (Fsp3) is 0.444. The minimum absolute atomic E-state index is 0.234. The number of hydrogen-bond donors (Lipinski definition) is 2. The first-order valence-corrected chi connectivity index (χ1v) is 4.17. The number of imide groups is 2. The number of rotatable bonds is 2. The van der Waals surface area contributed by atoms with Crippen molar-refractivity contribution >= 4 is 17.8 Å². The van der Waals surface area contributed by atoms with Gasteiger partial charge in [-0.1, -0.05) is 5.57 Å². The normalized spacial score (nSPS) is 20.0. The first-order chi connectivity index (χ1) is 6.36. The van der Waals surface area contributed by atoms with E-state index >= 15 is 0 Å². The predicted molar refractivity (Wildman–Crippen MR) is 49.2 cm³/mol. The summed E-state index contributed by atoms with van der Waals surface area (Å²) in [4.78, 5) is 33.6. The van der Waals surface area contributed by atoms with E-state index in [4.69, 9.17) is 0 Å². The molecule has 1 saturated heterocycles. The molecule has 5 nitrogen and oxygen atoms in total. The third kappa shape index (κ3) is 1.66. The van der Waals surface area contributed by atoms with Crippen molar-refractivity contribution in [2.45, 2.75) is 20.3 Å². The van der Waals surface area contributed by atoms with Crippen LogP contribution in [0.25, 0.3) is 0 Å². The van der Waals surface area contributed by atoms with Gasteiger partial charge in [0.15, 0.2) is 0 Å². The summed E-state index contributed by atoms with van der Waals surface area (Å²) in [6.45, 7) is 6.85. The Balaban J connectivity index is 2.95. The maximum Gasteiger partial charge on any atom is 0.328 e. The Bertz CT molecular complexity index is 313. The number of amides is 4. The van der Waals surface area contributed by atoms with Gasteiger partial charge in [0, 0.05) is 0 Å². The average molecular weight is 196 g/mol. The van der Waals surface area contributed by atoms with Crippen LogP contribution in [0.3, 0.4) is 0 Å². The fourth-order valence-corrected chi connectivity index (χ4v) is 1.38. The van der Waals surface area contributed by atoms with Crippen molar-refractivity contribution in [2.24, 2.45) is 5.41 Å². The second kappa shape index (κ2) is 3.25. The highest BCUT2D eigenvalue weighted by molar-refractivity contribution is 6.19. The van der Waals surface area contributed by atoms with Crippen molar-refractivity contribution in [3.8, 4) is 0 Å². The predicted octanol–water partition coefficient (Wildman–Crippen LogP) is 0.325. The Kier molecular flexibility index (Phi) is 2.42. The van der Waals surface area contributed by atoms with Gasteiger partial charge in [-0.15, -0.1) is 6.58 Å². The lowest BCUT2D eigenvalue weighted by molar-refractivity contribution is -0.143. The van der Waals surface area contributed by atoms with E-state index in [-0.39, 0.29) is 6.42 Å². The van der Waals surface area contributed by atoms with E-state index in [2.05, 4.69) is 17.2 Å². The van der Waals surface area contributed by atoms with Crippen LogP contribution in [0, 0.1) is 5.41 Å². The lowest BCUT2D eigenvalue weighted by Crippen LogP contribution is -2.61. The zero-order valence-electron chi connectivity index (χ0n) is 8.14. The Morgan fingerprint density at radius 1 is 1.29 bits per heavy atom. The second-order valence-electron chi connectivity index (χ2n) is 3.70. The Labute approximate surface area is 81.5 Å². The number of carbonyl (C=O) groups excluding carboxylic acids is 3. The number of hydrogen-bond acceptors (Lipinski definition) is 3. The van der Waals surface area contributed by atoms with Crippen molar-refractivity contribution < 1.29 is 14.4 Å². The van der Waals surface area contributed by atoms with E-state index in [1.54, 1.807) is 6.92 Å². The number of carbonyl (C=O) groups is 3. The smallest absolute Gasteiger partial charge is 0.277 e. The molecule has 0 bridgehead atoms. The molecule has 1 heterocycles. The highest BCUT2D eigenvalue weighted by Gasteiger charge is 2.45. The van der Waals surface area contributed by atoms with Gasteiger partial charge in [0.05, 0.1) is 0 Å². The molecule has 0 aromatic heterocycles. The van der Waals surface area contributed by atoms with E-state index in [1.165, 1.54) is 6.92 Å². The van der Waals surface area contributed by atoms with Gasteiger partial charge < -0.3 is 0 Å². The van der Waals surface area contributed by atoms with Gasteiger partial charge in [-0.25, -0.2) is 4.79 Å². The zero-order valence-corrected chi connectivity index (χ0v) is 8.14. The van der Waals surface area contributed by atoms with Gasteiger partial charge in [0.2, 0.25) is 11.8 Å². The van der Waals surface area contributed by atoms with Gasteiger partial charge in [0.1, 0.15) is 5.41 Å². The average Bonchev–Trinajstić information content (AvgIpc) is 1.99. The highest BCUT2D eigenvalue weighted by Crippen LogP contribution is 2.27. The number of barbiturate groups is 1. The van der Waals surface area contributed by atoms with Gasteiger partial charge >= 0.3 is 6.03 Å². The summed E-state index contributed by atoms with van der Waals surface area (Å²) in [5, 5.41) is 4.11. The van der Waals surface area contributed by atoms with Crippen molar-refractivity contribution in [3.63, 3.8) is 0 Å². The fourth-order valence-electron chi connectivity index (χ4n) is 1.38. The molecule has 0 radical (unpaired) electrons. The molecule has 5 heteroatoms. The topological polar surface area (TPSA) is 75.3 Å². The molecule has 76 valence electrons. The Morgan fingerprint density at radius 2 is 1.71 bits per heavy atom. The lowest BCUT2D eigenvalue weighted by atomic mass is 9.81. The maximum atomic E-state index is 11.4. The maximum absolute atomic E-state index is 11.4.